The lowest BCUT2D eigenvalue weighted by Gasteiger charge is -2.02. The molecule has 90 valence electrons. The van der Waals surface area contributed by atoms with E-state index >= 15 is 0 Å². The van der Waals surface area contributed by atoms with Gasteiger partial charge in [-0.05, 0) is 32.1 Å². The van der Waals surface area contributed by atoms with Gasteiger partial charge in [0.2, 0.25) is 9.84 Å². The van der Waals surface area contributed by atoms with Crippen LogP contribution in [-0.2, 0) is 9.84 Å². The average Bonchev–Trinajstić information content (AvgIpc) is 2.35. The highest BCUT2D eigenvalue weighted by Gasteiger charge is 2.15. The average molecular weight is 248 g/mol. The van der Waals surface area contributed by atoms with E-state index in [1.807, 2.05) is 19.1 Å². The van der Waals surface area contributed by atoms with Crippen LogP contribution >= 0.6 is 0 Å². The van der Waals surface area contributed by atoms with Gasteiger partial charge in [0.1, 0.15) is 0 Å². The van der Waals surface area contributed by atoms with Gasteiger partial charge in [0.25, 0.3) is 0 Å². The molecule has 0 spiro atoms. The maximum Gasteiger partial charge on any atom is 0.202 e. The maximum absolute atomic E-state index is 12.1. The number of hydrogen-bond donors (Lipinski definition) is 0. The molecule has 0 amide bonds. The van der Waals surface area contributed by atoms with E-state index in [4.69, 9.17) is 0 Å². The van der Waals surface area contributed by atoms with Crippen molar-refractivity contribution in [3.05, 3.63) is 65.6 Å². The first-order valence-corrected chi connectivity index (χ1v) is 6.83. The fourth-order valence-corrected chi connectivity index (χ4v) is 2.39. The Kier molecular flexibility index (Phi) is 4.91. The first-order chi connectivity index (χ1) is 8.09. The van der Waals surface area contributed by atoms with Crippen LogP contribution in [0.1, 0.15) is 13.8 Å². The highest BCUT2D eigenvalue weighted by atomic mass is 32.2. The van der Waals surface area contributed by atoms with Gasteiger partial charge in [-0.25, -0.2) is 8.42 Å². The standard InChI is InChI=1S/C14H16O2S/c1-3-4-5-7-10-13(2)17(15,16)14-11-8-6-9-12-14/h3-12H,1-2H3/b4-3-,7-5-,13-10+. The van der Waals surface area contributed by atoms with E-state index in [1.54, 1.807) is 55.5 Å². The minimum atomic E-state index is -3.34. The second kappa shape index (κ2) is 6.21. The van der Waals surface area contributed by atoms with Gasteiger partial charge >= 0.3 is 0 Å². The fraction of sp³-hybridized carbons (Fsp3) is 0.143. The summed E-state index contributed by atoms with van der Waals surface area (Å²) in [5.41, 5.74) is 0. The van der Waals surface area contributed by atoms with E-state index in [1.165, 1.54) is 0 Å². The molecule has 1 aromatic rings. The zero-order chi connectivity index (χ0) is 12.7. The van der Waals surface area contributed by atoms with Crippen LogP contribution in [0.5, 0.6) is 0 Å². The summed E-state index contributed by atoms with van der Waals surface area (Å²) in [7, 11) is -3.34. The number of allylic oxidation sites excluding steroid dienone is 6. The molecule has 0 radical (unpaired) electrons. The Bertz CT molecular complexity index is 535. The van der Waals surface area contributed by atoms with Gasteiger partial charge in [0.15, 0.2) is 0 Å². The molecule has 0 aliphatic rings. The van der Waals surface area contributed by atoms with Crippen LogP contribution < -0.4 is 0 Å². The molecular formula is C14H16O2S. The molecule has 0 aliphatic carbocycles. The lowest BCUT2D eigenvalue weighted by molar-refractivity contribution is 0.602. The van der Waals surface area contributed by atoms with Gasteiger partial charge in [0, 0.05) is 4.91 Å². The Hall–Kier alpha value is -1.61. The predicted octanol–water partition coefficient (Wildman–Crippen LogP) is 3.50. The highest BCUT2D eigenvalue weighted by Crippen LogP contribution is 2.18. The Morgan fingerprint density at radius 3 is 2.29 bits per heavy atom. The summed E-state index contributed by atoms with van der Waals surface area (Å²) in [4.78, 5) is 0.664. The van der Waals surface area contributed by atoms with Crippen molar-refractivity contribution in [2.75, 3.05) is 0 Å². The summed E-state index contributed by atoms with van der Waals surface area (Å²) in [6, 6.07) is 8.43. The van der Waals surface area contributed by atoms with Crippen LogP contribution in [0, 0.1) is 0 Å². The van der Waals surface area contributed by atoms with Crippen molar-refractivity contribution >= 4 is 9.84 Å². The van der Waals surface area contributed by atoms with Crippen molar-refractivity contribution < 1.29 is 8.42 Å². The minimum absolute atomic E-state index is 0.327. The van der Waals surface area contributed by atoms with Crippen LogP contribution in [-0.4, -0.2) is 8.42 Å². The largest absolute Gasteiger partial charge is 0.219 e. The Morgan fingerprint density at radius 2 is 1.71 bits per heavy atom. The SMILES string of the molecule is C\C=C/C=C\C=C(/C)S(=O)(=O)c1ccccc1. The zero-order valence-corrected chi connectivity index (χ0v) is 10.8. The van der Waals surface area contributed by atoms with E-state index in [9.17, 15) is 8.42 Å². The summed E-state index contributed by atoms with van der Waals surface area (Å²) in [6.07, 6.45) is 8.84. The van der Waals surface area contributed by atoms with Crippen LogP contribution in [0.25, 0.3) is 0 Å². The third-order valence-corrected chi connectivity index (χ3v) is 4.10. The quantitative estimate of drug-likeness (QED) is 0.764. The first-order valence-electron chi connectivity index (χ1n) is 5.35. The lowest BCUT2D eigenvalue weighted by atomic mass is 10.4. The van der Waals surface area contributed by atoms with Crippen LogP contribution in [0.3, 0.4) is 0 Å². The molecule has 0 unspecified atom stereocenters. The van der Waals surface area contributed by atoms with Crippen molar-refractivity contribution in [2.24, 2.45) is 0 Å². The van der Waals surface area contributed by atoms with Crippen LogP contribution in [0.2, 0.25) is 0 Å². The van der Waals surface area contributed by atoms with Gasteiger partial charge in [-0.3, -0.25) is 0 Å². The van der Waals surface area contributed by atoms with Crippen LogP contribution in [0.15, 0.2) is 70.5 Å². The number of sulfone groups is 1. The second-order valence-electron chi connectivity index (χ2n) is 3.50. The molecule has 0 aliphatic heterocycles. The third kappa shape index (κ3) is 3.71. The molecule has 0 heterocycles. The Labute approximate surface area is 103 Å². The minimum Gasteiger partial charge on any atom is -0.219 e. The smallest absolute Gasteiger partial charge is 0.202 e. The summed E-state index contributed by atoms with van der Waals surface area (Å²) in [5.74, 6) is 0. The van der Waals surface area contributed by atoms with Gasteiger partial charge in [-0.1, -0.05) is 42.5 Å². The van der Waals surface area contributed by atoms with E-state index < -0.39 is 9.84 Å². The van der Waals surface area contributed by atoms with Gasteiger partial charge in [0.05, 0.1) is 4.90 Å². The van der Waals surface area contributed by atoms with Crippen molar-refractivity contribution in [2.45, 2.75) is 18.7 Å². The molecule has 0 bridgehead atoms. The monoisotopic (exact) mass is 248 g/mol. The molecule has 17 heavy (non-hydrogen) atoms. The van der Waals surface area contributed by atoms with Crippen molar-refractivity contribution in [3.63, 3.8) is 0 Å². The van der Waals surface area contributed by atoms with E-state index in [-0.39, 0.29) is 0 Å². The summed E-state index contributed by atoms with van der Waals surface area (Å²) in [6.45, 7) is 3.50. The second-order valence-corrected chi connectivity index (χ2v) is 5.63. The van der Waals surface area contributed by atoms with Crippen molar-refractivity contribution in [1.82, 2.24) is 0 Å². The van der Waals surface area contributed by atoms with Crippen LogP contribution in [0.4, 0.5) is 0 Å². The third-order valence-electron chi connectivity index (χ3n) is 2.22. The summed E-state index contributed by atoms with van der Waals surface area (Å²) < 4.78 is 24.2. The van der Waals surface area contributed by atoms with Gasteiger partial charge < -0.3 is 0 Å². The molecule has 1 aromatic carbocycles. The van der Waals surface area contributed by atoms with E-state index in [0.29, 0.717) is 9.80 Å². The van der Waals surface area contributed by atoms with Crippen molar-refractivity contribution in [3.8, 4) is 0 Å². The normalized spacial score (nSPS) is 13.6. The molecule has 2 nitrogen and oxygen atoms in total. The number of rotatable bonds is 4. The molecular weight excluding hydrogens is 232 g/mol. The highest BCUT2D eigenvalue weighted by molar-refractivity contribution is 7.95. The van der Waals surface area contributed by atoms with Gasteiger partial charge in [-0.2, -0.15) is 0 Å². The summed E-state index contributed by atoms with van der Waals surface area (Å²) >= 11 is 0. The number of hydrogen-bond acceptors (Lipinski definition) is 2. The van der Waals surface area contributed by atoms with Gasteiger partial charge in [-0.15, -0.1) is 0 Å². The molecule has 0 saturated carbocycles. The molecule has 0 aromatic heterocycles. The molecule has 0 atom stereocenters. The number of benzene rings is 1. The first kappa shape index (κ1) is 13.5. The lowest BCUT2D eigenvalue weighted by Crippen LogP contribution is -2.01. The maximum atomic E-state index is 12.1. The van der Waals surface area contributed by atoms with E-state index in [2.05, 4.69) is 0 Å². The molecule has 0 fully saturated rings. The topological polar surface area (TPSA) is 34.1 Å². The Morgan fingerprint density at radius 1 is 1.06 bits per heavy atom. The summed E-state index contributed by atoms with van der Waals surface area (Å²) in [5, 5.41) is 0. The van der Waals surface area contributed by atoms with Crippen molar-refractivity contribution in [1.29, 1.82) is 0 Å². The molecule has 3 heteroatoms. The predicted molar refractivity (Wildman–Crippen MR) is 71.3 cm³/mol. The fourth-order valence-electron chi connectivity index (χ4n) is 1.24. The zero-order valence-electron chi connectivity index (χ0n) is 10.00. The molecule has 0 saturated heterocycles. The molecule has 0 N–H and O–H groups in total. The molecule has 1 rings (SSSR count). The Balaban J connectivity index is 3.00. The van der Waals surface area contributed by atoms with E-state index in [0.717, 1.165) is 0 Å².